The third-order valence-electron chi connectivity index (χ3n) is 3.74. The van der Waals surface area contributed by atoms with Gasteiger partial charge in [-0.1, -0.05) is 24.3 Å². The number of aromatic nitrogens is 2. The van der Waals surface area contributed by atoms with E-state index in [9.17, 15) is 4.79 Å². The highest BCUT2D eigenvalue weighted by Crippen LogP contribution is 2.21. The molecule has 0 unspecified atom stereocenters. The molecule has 0 bridgehead atoms. The number of carbonyl (C=O) groups excluding carboxylic acids is 1. The van der Waals surface area contributed by atoms with Gasteiger partial charge in [0.1, 0.15) is 11.9 Å². The maximum absolute atomic E-state index is 12.3. The molecule has 0 aliphatic heterocycles. The molecule has 0 radical (unpaired) electrons. The van der Waals surface area contributed by atoms with Gasteiger partial charge < -0.3 is 14.8 Å². The Morgan fingerprint density at radius 2 is 2.12 bits per heavy atom. The number of fused-ring (bicyclic) bond motifs is 1. The molecule has 1 amide bonds. The molecule has 1 aromatic heterocycles. The highest BCUT2D eigenvalue weighted by atomic mass is 16.5. The van der Waals surface area contributed by atoms with Crippen LogP contribution in [0.1, 0.15) is 12.5 Å². The van der Waals surface area contributed by atoms with Crippen LogP contribution < -0.4 is 10.1 Å². The van der Waals surface area contributed by atoms with E-state index in [1.165, 1.54) is 0 Å². The van der Waals surface area contributed by atoms with Crippen LogP contribution in [0, 0.1) is 0 Å². The number of hydrogen-bond acceptors (Lipinski definition) is 4. The predicted octanol–water partition coefficient (Wildman–Crippen LogP) is 3.12. The topological polar surface area (TPSA) is 76.2 Å². The number of para-hydroxylation sites is 1. The zero-order chi connectivity index (χ0) is 16.9. The Morgan fingerprint density at radius 3 is 2.96 bits per heavy atom. The van der Waals surface area contributed by atoms with Gasteiger partial charge in [0.15, 0.2) is 0 Å². The Balaban J connectivity index is 1.61. The SMILES string of the molecule is COc1cccc(CO[C@H](C)C(=O)Nc2cccc3cn[nH]c23)c1. The molecule has 1 heterocycles. The standard InChI is InChI=1S/C18H19N3O3/c1-12(24-11-13-5-3-7-15(9-13)23-2)18(22)20-16-8-4-6-14-10-19-21-17(14)16/h3-10,12H,11H2,1-2H3,(H,19,21)(H,20,22)/t12-/m1/s1. The molecule has 0 saturated heterocycles. The predicted molar refractivity (Wildman–Crippen MR) is 92.0 cm³/mol. The Labute approximate surface area is 139 Å². The van der Waals surface area contributed by atoms with Crippen LogP contribution in [0.4, 0.5) is 5.69 Å². The van der Waals surface area contributed by atoms with Crippen molar-refractivity contribution in [2.75, 3.05) is 12.4 Å². The van der Waals surface area contributed by atoms with Crippen LogP contribution in [0.2, 0.25) is 0 Å². The number of nitrogens with one attached hydrogen (secondary N) is 2. The summed E-state index contributed by atoms with van der Waals surface area (Å²) in [6.07, 6.45) is 1.13. The first kappa shape index (κ1) is 16.0. The smallest absolute Gasteiger partial charge is 0.253 e. The number of anilines is 1. The normalized spacial score (nSPS) is 12.1. The summed E-state index contributed by atoms with van der Waals surface area (Å²) < 4.78 is 10.8. The fourth-order valence-electron chi connectivity index (χ4n) is 2.37. The fraction of sp³-hybridized carbons (Fsp3) is 0.222. The molecule has 6 heteroatoms. The van der Waals surface area contributed by atoms with Crippen molar-refractivity contribution in [1.82, 2.24) is 10.2 Å². The molecule has 24 heavy (non-hydrogen) atoms. The minimum Gasteiger partial charge on any atom is -0.497 e. The zero-order valence-electron chi connectivity index (χ0n) is 13.6. The van der Waals surface area contributed by atoms with Crippen LogP contribution >= 0.6 is 0 Å². The molecule has 2 N–H and O–H groups in total. The number of carbonyl (C=O) groups is 1. The Bertz CT molecular complexity index is 844. The first-order valence-corrected chi connectivity index (χ1v) is 7.65. The molecule has 3 rings (SSSR count). The Morgan fingerprint density at radius 1 is 1.29 bits per heavy atom. The van der Waals surface area contributed by atoms with E-state index in [0.717, 1.165) is 22.2 Å². The highest BCUT2D eigenvalue weighted by Gasteiger charge is 2.15. The molecule has 2 aromatic carbocycles. The monoisotopic (exact) mass is 325 g/mol. The van der Waals surface area contributed by atoms with Crippen LogP contribution in [0.25, 0.3) is 10.9 Å². The summed E-state index contributed by atoms with van der Waals surface area (Å²) >= 11 is 0. The summed E-state index contributed by atoms with van der Waals surface area (Å²) in [5.41, 5.74) is 2.43. The lowest BCUT2D eigenvalue weighted by molar-refractivity contribution is -0.127. The first-order valence-electron chi connectivity index (χ1n) is 7.65. The number of ether oxygens (including phenoxy) is 2. The molecule has 1 atom stereocenters. The van der Waals surface area contributed by atoms with Crippen molar-refractivity contribution in [3.05, 3.63) is 54.2 Å². The number of nitrogens with zero attached hydrogens (tertiary/aromatic N) is 1. The van der Waals surface area contributed by atoms with Gasteiger partial charge in [0.25, 0.3) is 5.91 Å². The van der Waals surface area contributed by atoms with Gasteiger partial charge in [-0.05, 0) is 30.7 Å². The second-order valence-corrected chi connectivity index (χ2v) is 5.43. The van der Waals surface area contributed by atoms with Crippen LogP contribution in [-0.2, 0) is 16.1 Å². The van der Waals surface area contributed by atoms with Gasteiger partial charge in [-0.3, -0.25) is 9.89 Å². The molecule has 0 saturated carbocycles. The second-order valence-electron chi connectivity index (χ2n) is 5.43. The third kappa shape index (κ3) is 3.55. The van der Waals surface area contributed by atoms with Gasteiger partial charge in [0, 0.05) is 5.39 Å². The van der Waals surface area contributed by atoms with E-state index in [4.69, 9.17) is 9.47 Å². The van der Waals surface area contributed by atoms with Crippen LogP contribution in [0.3, 0.4) is 0 Å². The number of H-pyrrole nitrogens is 1. The average molecular weight is 325 g/mol. The van der Waals surface area contributed by atoms with Crippen molar-refractivity contribution in [2.24, 2.45) is 0 Å². The minimum absolute atomic E-state index is 0.208. The van der Waals surface area contributed by atoms with Gasteiger partial charge in [-0.2, -0.15) is 5.10 Å². The third-order valence-corrected chi connectivity index (χ3v) is 3.74. The molecule has 0 aliphatic rings. The maximum atomic E-state index is 12.3. The summed E-state index contributed by atoms with van der Waals surface area (Å²) in [7, 11) is 1.62. The summed E-state index contributed by atoms with van der Waals surface area (Å²) in [6.45, 7) is 2.06. The quantitative estimate of drug-likeness (QED) is 0.730. The minimum atomic E-state index is -0.589. The fourth-order valence-corrected chi connectivity index (χ4v) is 2.37. The number of amides is 1. The van der Waals surface area contributed by atoms with E-state index >= 15 is 0 Å². The molecule has 6 nitrogen and oxygen atoms in total. The van der Waals surface area contributed by atoms with E-state index in [1.807, 2.05) is 42.5 Å². The lowest BCUT2D eigenvalue weighted by atomic mass is 10.2. The molecule has 3 aromatic rings. The van der Waals surface area contributed by atoms with Crippen molar-refractivity contribution < 1.29 is 14.3 Å². The molecule has 0 spiro atoms. The maximum Gasteiger partial charge on any atom is 0.253 e. The lowest BCUT2D eigenvalue weighted by Gasteiger charge is -2.14. The van der Waals surface area contributed by atoms with Gasteiger partial charge in [0.2, 0.25) is 0 Å². The van der Waals surface area contributed by atoms with Crippen molar-refractivity contribution >= 4 is 22.5 Å². The van der Waals surface area contributed by atoms with E-state index < -0.39 is 6.10 Å². The number of hydrogen-bond donors (Lipinski definition) is 2. The lowest BCUT2D eigenvalue weighted by Crippen LogP contribution is -2.27. The molecular weight excluding hydrogens is 306 g/mol. The number of aromatic amines is 1. The molecular formula is C18H19N3O3. The molecule has 0 fully saturated rings. The van der Waals surface area contributed by atoms with Crippen molar-refractivity contribution in [1.29, 1.82) is 0 Å². The van der Waals surface area contributed by atoms with Gasteiger partial charge >= 0.3 is 0 Å². The van der Waals surface area contributed by atoms with Crippen LogP contribution in [0.5, 0.6) is 5.75 Å². The highest BCUT2D eigenvalue weighted by molar-refractivity contribution is 6.01. The van der Waals surface area contributed by atoms with Crippen LogP contribution in [-0.4, -0.2) is 29.3 Å². The number of rotatable bonds is 6. The van der Waals surface area contributed by atoms with E-state index in [2.05, 4.69) is 15.5 Å². The Hall–Kier alpha value is -2.86. The second kappa shape index (κ2) is 7.14. The van der Waals surface area contributed by atoms with Crippen LogP contribution in [0.15, 0.2) is 48.7 Å². The summed E-state index contributed by atoms with van der Waals surface area (Å²) in [5.74, 6) is 0.555. The summed E-state index contributed by atoms with van der Waals surface area (Å²) in [5, 5.41) is 10.7. The van der Waals surface area contributed by atoms with Gasteiger partial charge in [0.05, 0.1) is 31.1 Å². The summed E-state index contributed by atoms with van der Waals surface area (Å²) in [6, 6.07) is 13.2. The van der Waals surface area contributed by atoms with Gasteiger partial charge in [-0.15, -0.1) is 0 Å². The van der Waals surface area contributed by atoms with Crippen molar-refractivity contribution in [2.45, 2.75) is 19.6 Å². The van der Waals surface area contributed by atoms with E-state index in [-0.39, 0.29) is 5.91 Å². The largest absolute Gasteiger partial charge is 0.497 e. The molecule has 0 aliphatic carbocycles. The van der Waals surface area contributed by atoms with E-state index in [1.54, 1.807) is 20.2 Å². The molecule has 124 valence electrons. The average Bonchev–Trinajstić information content (AvgIpc) is 3.09. The number of benzene rings is 2. The van der Waals surface area contributed by atoms with Crippen molar-refractivity contribution in [3.63, 3.8) is 0 Å². The van der Waals surface area contributed by atoms with E-state index in [0.29, 0.717) is 12.3 Å². The van der Waals surface area contributed by atoms with Crippen molar-refractivity contribution in [3.8, 4) is 5.75 Å². The van der Waals surface area contributed by atoms with Gasteiger partial charge in [-0.25, -0.2) is 0 Å². The number of methoxy groups -OCH3 is 1. The summed E-state index contributed by atoms with van der Waals surface area (Å²) in [4.78, 5) is 12.3. The first-order chi connectivity index (χ1) is 11.7. The zero-order valence-corrected chi connectivity index (χ0v) is 13.6. The Kier molecular flexibility index (Phi) is 4.77.